The molecule has 0 saturated carbocycles. The molecule has 1 aromatic carbocycles. The summed E-state index contributed by atoms with van der Waals surface area (Å²) >= 11 is 0. The van der Waals surface area contributed by atoms with Gasteiger partial charge in [-0.3, -0.25) is 0 Å². The minimum atomic E-state index is -0.843. The van der Waals surface area contributed by atoms with Crippen molar-refractivity contribution >= 4 is 0 Å². The van der Waals surface area contributed by atoms with Crippen molar-refractivity contribution in [1.82, 2.24) is 4.90 Å². The lowest BCUT2D eigenvalue weighted by Gasteiger charge is -2.43. The minimum absolute atomic E-state index is 0.145. The van der Waals surface area contributed by atoms with Crippen LogP contribution in [-0.4, -0.2) is 42.9 Å². The largest absolute Gasteiger partial charge is 0.382 e. The highest BCUT2D eigenvalue weighted by Gasteiger charge is 2.42. The fraction of sp³-hybridized carbons (Fsp3) is 0.571. The second-order valence-corrected chi connectivity index (χ2v) is 4.75. The molecule has 0 spiro atoms. The van der Waals surface area contributed by atoms with Crippen molar-refractivity contribution in [3.63, 3.8) is 0 Å². The van der Waals surface area contributed by atoms with Crippen molar-refractivity contribution in [3.05, 3.63) is 35.9 Å². The highest BCUT2D eigenvalue weighted by molar-refractivity contribution is 5.25. The molecule has 17 heavy (non-hydrogen) atoms. The van der Waals surface area contributed by atoms with Crippen LogP contribution in [0.1, 0.15) is 18.9 Å². The Labute approximate surface area is 103 Å². The number of ether oxygens (including phenoxy) is 1. The standard InChI is InChI=1S/C14H21NO2/c1-3-17-13-11-15(2)10-9-14(13,16)12-7-5-4-6-8-12/h4-8,13,16H,3,9-11H2,1-2H3/t13-,14-/m1/s1. The van der Waals surface area contributed by atoms with Crippen molar-refractivity contribution < 1.29 is 9.84 Å². The van der Waals surface area contributed by atoms with Gasteiger partial charge in [-0.15, -0.1) is 0 Å². The highest BCUT2D eigenvalue weighted by Crippen LogP contribution is 2.34. The van der Waals surface area contributed by atoms with Crippen LogP contribution in [0.5, 0.6) is 0 Å². The van der Waals surface area contributed by atoms with E-state index in [4.69, 9.17) is 4.74 Å². The number of benzene rings is 1. The predicted molar refractivity (Wildman–Crippen MR) is 67.9 cm³/mol. The van der Waals surface area contributed by atoms with Crippen LogP contribution >= 0.6 is 0 Å². The molecule has 1 aromatic rings. The summed E-state index contributed by atoms with van der Waals surface area (Å²) in [6, 6.07) is 9.87. The topological polar surface area (TPSA) is 32.7 Å². The average Bonchev–Trinajstić information content (AvgIpc) is 2.35. The number of rotatable bonds is 3. The number of hydrogen-bond donors (Lipinski definition) is 1. The fourth-order valence-corrected chi connectivity index (χ4v) is 2.50. The SMILES string of the molecule is CCO[C@@H]1CN(C)CC[C@@]1(O)c1ccccc1. The first-order valence-electron chi connectivity index (χ1n) is 6.25. The number of hydrogen-bond acceptors (Lipinski definition) is 3. The van der Waals surface area contributed by atoms with Gasteiger partial charge in [0.1, 0.15) is 11.7 Å². The van der Waals surface area contributed by atoms with Crippen LogP contribution < -0.4 is 0 Å². The van der Waals surface area contributed by atoms with Crippen LogP contribution in [0.2, 0.25) is 0 Å². The highest BCUT2D eigenvalue weighted by atomic mass is 16.5. The molecule has 0 amide bonds. The molecule has 3 heteroatoms. The minimum Gasteiger partial charge on any atom is -0.382 e. The molecule has 0 unspecified atom stereocenters. The van der Waals surface area contributed by atoms with Gasteiger partial charge in [-0.05, 0) is 26.0 Å². The van der Waals surface area contributed by atoms with E-state index in [1.54, 1.807) is 0 Å². The van der Waals surface area contributed by atoms with Gasteiger partial charge in [-0.2, -0.15) is 0 Å². The quantitative estimate of drug-likeness (QED) is 0.864. The van der Waals surface area contributed by atoms with Crippen LogP contribution in [0.3, 0.4) is 0 Å². The third kappa shape index (κ3) is 2.51. The molecule has 94 valence electrons. The summed E-state index contributed by atoms with van der Waals surface area (Å²) in [6.07, 6.45) is 0.576. The molecule has 1 saturated heterocycles. The van der Waals surface area contributed by atoms with Gasteiger partial charge in [0.05, 0.1) is 0 Å². The van der Waals surface area contributed by atoms with Gasteiger partial charge < -0.3 is 14.7 Å². The van der Waals surface area contributed by atoms with E-state index in [2.05, 4.69) is 11.9 Å². The molecular formula is C14H21NO2. The Kier molecular flexibility index (Phi) is 3.82. The molecule has 3 nitrogen and oxygen atoms in total. The monoisotopic (exact) mass is 235 g/mol. The van der Waals surface area contributed by atoms with E-state index in [1.807, 2.05) is 37.3 Å². The first kappa shape index (κ1) is 12.6. The molecule has 1 heterocycles. The van der Waals surface area contributed by atoms with Crippen LogP contribution in [0, 0.1) is 0 Å². The first-order chi connectivity index (χ1) is 8.16. The van der Waals surface area contributed by atoms with E-state index in [1.165, 1.54) is 0 Å². The van der Waals surface area contributed by atoms with Crippen LogP contribution in [0.25, 0.3) is 0 Å². The van der Waals surface area contributed by atoms with Gasteiger partial charge in [-0.25, -0.2) is 0 Å². The summed E-state index contributed by atoms with van der Waals surface area (Å²) in [5.41, 5.74) is 0.121. The third-order valence-electron chi connectivity index (χ3n) is 3.53. The molecule has 0 radical (unpaired) electrons. The van der Waals surface area contributed by atoms with E-state index in [-0.39, 0.29) is 6.10 Å². The van der Waals surface area contributed by atoms with E-state index in [0.717, 1.165) is 25.1 Å². The lowest BCUT2D eigenvalue weighted by Crippen LogP contribution is -2.53. The summed E-state index contributed by atoms with van der Waals surface area (Å²) in [5.74, 6) is 0. The second kappa shape index (κ2) is 5.17. The summed E-state index contributed by atoms with van der Waals surface area (Å²) in [4.78, 5) is 2.21. The molecule has 0 aliphatic carbocycles. The van der Waals surface area contributed by atoms with Gasteiger partial charge >= 0.3 is 0 Å². The molecule has 1 N–H and O–H groups in total. The molecule has 2 atom stereocenters. The van der Waals surface area contributed by atoms with Crippen LogP contribution in [-0.2, 0) is 10.3 Å². The van der Waals surface area contributed by atoms with Crippen LogP contribution in [0.4, 0.5) is 0 Å². The van der Waals surface area contributed by atoms with Gasteiger partial charge in [-0.1, -0.05) is 30.3 Å². The number of likely N-dealkylation sites (N-methyl/N-ethyl adjacent to an activating group) is 1. The van der Waals surface area contributed by atoms with E-state index >= 15 is 0 Å². The molecule has 0 aromatic heterocycles. The maximum atomic E-state index is 10.9. The average molecular weight is 235 g/mol. The Morgan fingerprint density at radius 1 is 1.41 bits per heavy atom. The smallest absolute Gasteiger partial charge is 0.118 e. The zero-order chi connectivity index (χ0) is 12.3. The molecule has 1 fully saturated rings. The zero-order valence-electron chi connectivity index (χ0n) is 10.6. The Hall–Kier alpha value is -0.900. The fourth-order valence-electron chi connectivity index (χ4n) is 2.50. The predicted octanol–water partition coefficient (Wildman–Crippen LogP) is 1.61. The van der Waals surface area contributed by atoms with E-state index < -0.39 is 5.60 Å². The zero-order valence-corrected chi connectivity index (χ0v) is 10.6. The second-order valence-electron chi connectivity index (χ2n) is 4.75. The Morgan fingerprint density at radius 3 is 2.76 bits per heavy atom. The summed E-state index contributed by atoms with van der Waals surface area (Å²) < 4.78 is 5.73. The van der Waals surface area contributed by atoms with Gasteiger partial charge in [0, 0.05) is 19.7 Å². The molecular weight excluding hydrogens is 214 g/mol. The summed E-state index contributed by atoms with van der Waals surface area (Å²) in [6.45, 7) is 4.28. The van der Waals surface area contributed by atoms with Crippen molar-refractivity contribution in [2.45, 2.75) is 25.0 Å². The first-order valence-corrected chi connectivity index (χ1v) is 6.25. The van der Waals surface area contributed by atoms with E-state index in [0.29, 0.717) is 6.61 Å². The van der Waals surface area contributed by atoms with Crippen LogP contribution in [0.15, 0.2) is 30.3 Å². The summed E-state index contributed by atoms with van der Waals surface area (Å²) in [7, 11) is 2.07. The maximum Gasteiger partial charge on any atom is 0.118 e. The molecule has 1 aliphatic rings. The Bertz CT molecular complexity index is 354. The Morgan fingerprint density at radius 2 is 2.12 bits per heavy atom. The van der Waals surface area contributed by atoms with Gasteiger partial charge in [0.25, 0.3) is 0 Å². The Balaban J connectivity index is 2.26. The lowest BCUT2D eigenvalue weighted by atomic mass is 9.82. The molecule has 0 bridgehead atoms. The lowest BCUT2D eigenvalue weighted by molar-refractivity contribution is -0.146. The maximum absolute atomic E-state index is 10.9. The number of piperidine rings is 1. The normalized spacial score (nSPS) is 30.4. The van der Waals surface area contributed by atoms with Crippen molar-refractivity contribution in [1.29, 1.82) is 0 Å². The van der Waals surface area contributed by atoms with E-state index in [9.17, 15) is 5.11 Å². The van der Waals surface area contributed by atoms with Crippen molar-refractivity contribution in [3.8, 4) is 0 Å². The van der Waals surface area contributed by atoms with Gasteiger partial charge in [0.2, 0.25) is 0 Å². The number of aliphatic hydroxyl groups is 1. The van der Waals surface area contributed by atoms with Gasteiger partial charge in [0.15, 0.2) is 0 Å². The number of nitrogens with zero attached hydrogens (tertiary/aromatic N) is 1. The molecule has 1 aliphatic heterocycles. The van der Waals surface area contributed by atoms with Crippen molar-refractivity contribution in [2.24, 2.45) is 0 Å². The summed E-state index contributed by atoms with van der Waals surface area (Å²) in [5, 5.41) is 10.9. The number of likely N-dealkylation sites (tertiary alicyclic amines) is 1. The van der Waals surface area contributed by atoms with Crippen molar-refractivity contribution in [2.75, 3.05) is 26.7 Å². The third-order valence-corrected chi connectivity index (χ3v) is 3.53. The molecule has 2 rings (SSSR count).